The minimum atomic E-state index is -0.662. The van der Waals surface area contributed by atoms with Crippen molar-refractivity contribution in [3.8, 4) is 0 Å². The molecule has 108 valence electrons. The highest BCUT2D eigenvalue weighted by molar-refractivity contribution is 9.11. The van der Waals surface area contributed by atoms with Crippen molar-refractivity contribution >= 4 is 49.5 Å². The Labute approximate surface area is 133 Å². The van der Waals surface area contributed by atoms with Crippen molar-refractivity contribution in [3.63, 3.8) is 0 Å². The van der Waals surface area contributed by atoms with Gasteiger partial charge in [-0.1, -0.05) is 15.9 Å². The highest BCUT2D eigenvalue weighted by atomic mass is 79.9. The summed E-state index contributed by atoms with van der Waals surface area (Å²) in [5.41, 5.74) is 1.53. The molecule has 0 radical (unpaired) electrons. The molecule has 5 nitrogen and oxygen atoms in total. The molecule has 0 saturated carbocycles. The lowest BCUT2D eigenvalue weighted by Gasteiger charge is -2.13. The molecule has 0 amide bonds. The Morgan fingerprint density at radius 1 is 1.20 bits per heavy atom. The molecule has 0 aliphatic rings. The molecule has 0 spiro atoms. The summed E-state index contributed by atoms with van der Waals surface area (Å²) in [7, 11) is 2.47. The number of hydrogen-bond acceptors (Lipinski definition) is 5. The average molecular weight is 407 g/mol. The summed E-state index contributed by atoms with van der Waals surface area (Å²) < 4.78 is 10.8. The van der Waals surface area contributed by atoms with Crippen LogP contribution in [0.2, 0.25) is 0 Å². The van der Waals surface area contributed by atoms with Gasteiger partial charge < -0.3 is 14.8 Å². The maximum absolute atomic E-state index is 11.7. The number of nitrogens with one attached hydrogen (secondary N) is 1. The first-order valence-corrected chi connectivity index (χ1v) is 7.08. The maximum Gasteiger partial charge on any atom is 0.354 e. The number of hydrogen-bond donors (Lipinski definition) is 1. The third kappa shape index (κ3) is 4.35. The van der Waals surface area contributed by atoms with Crippen LogP contribution in [0.25, 0.3) is 0 Å². The number of carbonyl (C=O) groups is 2. The quantitative estimate of drug-likeness (QED) is 0.614. The van der Waals surface area contributed by atoms with E-state index in [9.17, 15) is 9.59 Å². The van der Waals surface area contributed by atoms with Crippen LogP contribution < -0.4 is 5.32 Å². The van der Waals surface area contributed by atoms with Gasteiger partial charge in [-0.25, -0.2) is 9.59 Å². The first-order chi connectivity index (χ1) is 9.38. The summed E-state index contributed by atoms with van der Waals surface area (Å²) in [6.07, 6.45) is 1.04. The number of aryl methyl sites for hydroxylation is 1. The molecule has 0 unspecified atom stereocenters. The molecule has 1 N–H and O–H groups in total. The van der Waals surface area contributed by atoms with E-state index in [0.717, 1.165) is 20.6 Å². The van der Waals surface area contributed by atoms with E-state index in [1.54, 1.807) is 0 Å². The second-order valence-electron chi connectivity index (χ2n) is 3.78. The van der Waals surface area contributed by atoms with Gasteiger partial charge in [0.15, 0.2) is 0 Å². The number of carbonyl (C=O) groups excluding carboxylic acids is 2. The molecular formula is C13H13Br2NO4. The van der Waals surface area contributed by atoms with Crippen molar-refractivity contribution in [1.82, 2.24) is 0 Å². The van der Waals surface area contributed by atoms with E-state index in [2.05, 4.69) is 46.7 Å². The summed E-state index contributed by atoms with van der Waals surface area (Å²) in [5.74, 6) is -1.31. The van der Waals surface area contributed by atoms with Gasteiger partial charge in [0, 0.05) is 8.95 Å². The molecular weight excluding hydrogens is 394 g/mol. The summed E-state index contributed by atoms with van der Waals surface area (Å²) in [6, 6.07) is 3.70. The monoisotopic (exact) mass is 405 g/mol. The Morgan fingerprint density at radius 2 is 1.85 bits per heavy atom. The molecule has 7 heteroatoms. The first-order valence-electron chi connectivity index (χ1n) is 5.49. The molecule has 20 heavy (non-hydrogen) atoms. The van der Waals surface area contributed by atoms with Gasteiger partial charge in [0.05, 0.1) is 26.0 Å². The molecule has 0 aliphatic heterocycles. The topological polar surface area (TPSA) is 64.6 Å². The van der Waals surface area contributed by atoms with Gasteiger partial charge in [-0.05, 0) is 40.5 Å². The molecule has 0 heterocycles. The highest BCUT2D eigenvalue weighted by Gasteiger charge is 2.15. The van der Waals surface area contributed by atoms with Gasteiger partial charge in [-0.2, -0.15) is 0 Å². The van der Waals surface area contributed by atoms with Crippen LogP contribution in [0, 0.1) is 6.92 Å². The second-order valence-corrected chi connectivity index (χ2v) is 5.55. The van der Waals surface area contributed by atoms with E-state index in [0.29, 0.717) is 5.69 Å². The van der Waals surface area contributed by atoms with E-state index >= 15 is 0 Å². The normalized spacial score (nSPS) is 10.9. The van der Waals surface area contributed by atoms with Crippen molar-refractivity contribution in [1.29, 1.82) is 0 Å². The predicted molar refractivity (Wildman–Crippen MR) is 82.3 cm³/mol. The molecule has 0 atom stereocenters. The Morgan fingerprint density at radius 3 is 2.35 bits per heavy atom. The Bertz CT molecular complexity index is 546. The van der Waals surface area contributed by atoms with Crippen molar-refractivity contribution in [3.05, 3.63) is 38.4 Å². The molecule has 0 bridgehead atoms. The average Bonchev–Trinajstić information content (AvgIpc) is 2.40. The molecule has 1 aromatic carbocycles. The fourth-order valence-corrected chi connectivity index (χ4v) is 2.97. The van der Waals surface area contributed by atoms with Gasteiger partial charge in [0.1, 0.15) is 5.70 Å². The zero-order chi connectivity index (χ0) is 15.3. The molecule has 1 rings (SSSR count). The fraction of sp³-hybridized carbons (Fsp3) is 0.231. The van der Waals surface area contributed by atoms with E-state index in [1.165, 1.54) is 14.2 Å². The lowest BCUT2D eigenvalue weighted by atomic mass is 10.2. The lowest BCUT2D eigenvalue weighted by molar-refractivity contribution is -0.138. The van der Waals surface area contributed by atoms with Gasteiger partial charge in [0.25, 0.3) is 0 Å². The third-order valence-corrected chi connectivity index (χ3v) is 3.46. The van der Waals surface area contributed by atoms with Crippen molar-refractivity contribution in [2.45, 2.75) is 6.92 Å². The van der Waals surface area contributed by atoms with Gasteiger partial charge in [-0.3, -0.25) is 0 Å². The first kappa shape index (κ1) is 16.7. The Balaban J connectivity index is 3.17. The number of rotatable bonds is 4. The maximum atomic E-state index is 11.7. The number of esters is 2. The van der Waals surface area contributed by atoms with E-state index < -0.39 is 11.9 Å². The zero-order valence-electron chi connectivity index (χ0n) is 11.1. The minimum absolute atomic E-state index is 0.00882. The Kier molecular flexibility index (Phi) is 6.22. The summed E-state index contributed by atoms with van der Waals surface area (Å²) in [5, 5.41) is 2.88. The zero-order valence-corrected chi connectivity index (χ0v) is 14.3. The van der Waals surface area contributed by atoms with Crippen LogP contribution in [0.4, 0.5) is 5.69 Å². The molecule has 0 aliphatic carbocycles. The fourth-order valence-electron chi connectivity index (χ4n) is 1.43. The number of halogens is 2. The van der Waals surface area contributed by atoms with Crippen molar-refractivity contribution < 1.29 is 19.1 Å². The largest absolute Gasteiger partial charge is 0.466 e. The second kappa shape index (κ2) is 7.44. The smallest absolute Gasteiger partial charge is 0.354 e. The van der Waals surface area contributed by atoms with Crippen LogP contribution in [0.15, 0.2) is 32.9 Å². The van der Waals surface area contributed by atoms with Crippen LogP contribution >= 0.6 is 31.9 Å². The number of benzene rings is 1. The van der Waals surface area contributed by atoms with Crippen LogP contribution in [-0.4, -0.2) is 26.2 Å². The molecule has 0 fully saturated rings. The van der Waals surface area contributed by atoms with E-state index in [-0.39, 0.29) is 5.70 Å². The number of methoxy groups -OCH3 is 2. The lowest BCUT2D eigenvalue weighted by Crippen LogP contribution is -2.16. The minimum Gasteiger partial charge on any atom is -0.466 e. The van der Waals surface area contributed by atoms with Crippen LogP contribution in [-0.2, 0) is 19.1 Å². The standard InChI is InChI=1S/C13H13Br2NO4/c1-7-4-8(14)5-9(15)12(7)16-10(13(18)20-3)6-11(17)19-2/h4-6,16H,1-3H3/b10-6+. The van der Waals surface area contributed by atoms with Crippen LogP contribution in [0.1, 0.15) is 5.56 Å². The predicted octanol–water partition coefficient (Wildman–Crippen LogP) is 3.16. The number of anilines is 1. The van der Waals surface area contributed by atoms with Crippen LogP contribution in [0.5, 0.6) is 0 Å². The van der Waals surface area contributed by atoms with Gasteiger partial charge in [-0.15, -0.1) is 0 Å². The SMILES string of the molecule is COC(=O)/C=C(/Nc1c(C)cc(Br)cc1Br)C(=O)OC. The van der Waals surface area contributed by atoms with Crippen LogP contribution in [0.3, 0.4) is 0 Å². The Hall–Kier alpha value is -1.34. The summed E-state index contributed by atoms with van der Waals surface area (Å²) in [4.78, 5) is 23.0. The highest BCUT2D eigenvalue weighted by Crippen LogP contribution is 2.31. The van der Waals surface area contributed by atoms with E-state index in [4.69, 9.17) is 0 Å². The van der Waals surface area contributed by atoms with Crippen molar-refractivity contribution in [2.24, 2.45) is 0 Å². The van der Waals surface area contributed by atoms with E-state index in [1.807, 2.05) is 19.1 Å². The van der Waals surface area contributed by atoms with Gasteiger partial charge >= 0.3 is 11.9 Å². The summed E-state index contributed by atoms with van der Waals surface area (Å²) >= 11 is 6.76. The third-order valence-electron chi connectivity index (χ3n) is 2.38. The van der Waals surface area contributed by atoms with Gasteiger partial charge in [0.2, 0.25) is 0 Å². The number of ether oxygens (including phenoxy) is 2. The summed E-state index contributed by atoms with van der Waals surface area (Å²) in [6.45, 7) is 1.87. The van der Waals surface area contributed by atoms with Crippen molar-refractivity contribution in [2.75, 3.05) is 19.5 Å². The molecule has 1 aromatic rings. The molecule has 0 aromatic heterocycles. The molecule has 0 saturated heterocycles.